The predicted molar refractivity (Wildman–Crippen MR) is 75.7 cm³/mol. The van der Waals surface area contributed by atoms with Crippen molar-refractivity contribution in [3.05, 3.63) is 29.6 Å². The molecule has 0 radical (unpaired) electrons. The standard InChI is InChI=1S/C13H18N2O5S/c1-14-8-11(7-12(14)13(16)17)21(18,19)15-5-3-10(4-6-15)9-20-2/h3,7-8H,4-6,9H2,1-2H3,(H,16,17). The second kappa shape index (κ2) is 6.00. The van der Waals surface area contributed by atoms with Crippen molar-refractivity contribution in [2.75, 3.05) is 26.8 Å². The summed E-state index contributed by atoms with van der Waals surface area (Å²) in [5, 5.41) is 9.00. The van der Waals surface area contributed by atoms with E-state index in [4.69, 9.17) is 9.84 Å². The zero-order chi connectivity index (χ0) is 15.6. The number of ether oxygens (including phenoxy) is 1. The number of carboxylic acids is 1. The van der Waals surface area contributed by atoms with Crippen LogP contribution in [0.1, 0.15) is 16.9 Å². The van der Waals surface area contributed by atoms with Crippen LogP contribution in [-0.4, -0.2) is 55.2 Å². The Labute approximate surface area is 123 Å². The van der Waals surface area contributed by atoms with Gasteiger partial charge in [-0.2, -0.15) is 4.31 Å². The molecule has 0 bridgehead atoms. The Morgan fingerprint density at radius 3 is 2.67 bits per heavy atom. The Morgan fingerprint density at radius 2 is 2.19 bits per heavy atom. The summed E-state index contributed by atoms with van der Waals surface area (Å²) in [5.41, 5.74) is 1.02. The molecule has 0 aliphatic carbocycles. The molecule has 8 heteroatoms. The SMILES string of the molecule is COCC1=CCN(S(=O)(=O)c2cc(C(=O)O)n(C)c2)CC1. The highest BCUT2D eigenvalue weighted by atomic mass is 32.2. The summed E-state index contributed by atoms with van der Waals surface area (Å²) in [5.74, 6) is -1.15. The summed E-state index contributed by atoms with van der Waals surface area (Å²) < 4.78 is 32.7. The van der Waals surface area contributed by atoms with E-state index < -0.39 is 16.0 Å². The molecule has 1 aliphatic heterocycles. The van der Waals surface area contributed by atoms with E-state index in [9.17, 15) is 13.2 Å². The van der Waals surface area contributed by atoms with Gasteiger partial charge in [-0.3, -0.25) is 0 Å². The van der Waals surface area contributed by atoms with Crippen LogP contribution in [0.15, 0.2) is 28.8 Å². The third-order valence-electron chi connectivity index (χ3n) is 3.43. The molecule has 2 rings (SSSR count). The molecular weight excluding hydrogens is 296 g/mol. The number of carbonyl (C=O) groups is 1. The van der Waals surface area contributed by atoms with E-state index >= 15 is 0 Å². The monoisotopic (exact) mass is 314 g/mol. The highest BCUT2D eigenvalue weighted by Gasteiger charge is 2.28. The molecule has 116 valence electrons. The number of aromatic carboxylic acids is 1. The molecule has 2 heterocycles. The second-order valence-electron chi connectivity index (χ2n) is 4.89. The average molecular weight is 314 g/mol. The first kappa shape index (κ1) is 15.7. The van der Waals surface area contributed by atoms with Gasteiger partial charge in [0.25, 0.3) is 0 Å². The molecule has 0 saturated heterocycles. The Bertz CT molecular complexity index is 675. The van der Waals surface area contributed by atoms with Gasteiger partial charge in [-0.15, -0.1) is 0 Å². The molecule has 21 heavy (non-hydrogen) atoms. The van der Waals surface area contributed by atoms with Crippen molar-refractivity contribution in [1.29, 1.82) is 0 Å². The van der Waals surface area contributed by atoms with E-state index in [0.717, 1.165) is 5.57 Å². The van der Waals surface area contributed by atoms with Crippen LogP contribution in [0.2, 0.25) is 0 Å². The Hall–Kier alpha value is -1.64. The number of methoxy groups -OCH3 is 1. The van der Waals surface area contributed by atoms with Crippen molar-refractivity contribution in [1.82, 2.24) is 8.87 Å². The summed E-state index contributed by atoms with van der Waals surface area (Å²) >= 11 is 0. The molecular formula is C13H18N2O5S. The number of hydrogen-bond donors (Lipinski definition) is 1. The predicted octanol–water partition coefficient (Wildman–Crippen LogP) is 0.690. The molecule has 1 aromatic heterocycles. The molecule has 0 unspecified atom stereocenters. The number of nitrogens with zero attached hydrogens (tertiary/aromatic N) is 2. The van der Waals surface area contributed by atoms with Gasteiger partial charge in [0.05, 0.1) is 6.61 Å². The lowest BCUT2D eigenvalue weighted by atomic mass is 10.1. The minimum Gasteiger partial charge on any atom is -0.477 e. The van der Waals surface area contributed by atoms with Crippen LogP contribution in [0.3, 0.4) is 0 Å². The van der Waals surface area contributed by atoms with Crippen LogP contribution in [-0.2, 0) is 21.8 Å². The van der Waals surface area contributed by atoms with Crippen molar-refractivity contribution in [2.24, 2.45) is 7.05 Å². The quantitative estimate of drug-likeness (QED) is 0.808. The van der Waals surface area contributed by atoms with Gasteiger partial charge in [0.2, 0.25) is 10.0 Å². The van der Waals surface area contributed by atoms with Crippen molar-refractivity contribution in [3.63, 3.8) is 0 Å². The summed E-state index contributed by atoms with van der Waals surface area (Å²) in [6, 6.07) is 1.19. The number of aromatic nitrogens is 1. The van der Waals surface area contributed by atoms with Gasteiger partial charge >= 0.3 is 5.97 Å². The Balaban J connectivity index is 2.23. The number of aryl methyl sites for hydroxylation is 1. The molecule has 0 saturated carbocycles. The Morgan fingerprint density at radius 1 is 1.48 bits per heavy atom. The zero-order valence-electron chi connectivity index (χ0n) is 11.9. The molecule has 7 nitrogen and oxygen atoms in total. The van der Waals surface area contributed by atoms with Crippen LogP contribution >= 0.6 is 0 Å². The average Bonchev–Trinajstić information content (AvgIpc) is 2.83. The molecule has 1 N–H and O–H groups in total. The first-order valence-electron chi connectivity index (χ1n) is 6.43. The van der Waals surface area contributed by atoms with E-state index in [1.54, 1.807) is 7.11 Å². The maximum Gasteiger partial charge on any atom is 0.352 e. The molecule has 1 aromatic rings. The topological polar surface area (TPSA) is 88.8 Å². The van der Waals surface area contributed by atoms with Gasteiger partial charge in [0.15, 0.2) is 0 Å². The van der Waals surface area contributed by atoms with Gasteiger partial charge in [0.1, 0.15) is 10.6 Å². The summed E-state index contributed by atoms with van der Waals surface area (Å²) in [7, 11) is -0.564. The molecule has 0 amide bonds. The largest absolute Gasteiger partial charge is 0.477 e. The zero-order valence-corrected chi connectivity index (χ0v) is 12.8. The molecule has 0 aromatic carbocycles. The molecule has 0 atom stereocenters. The summed E-state index contributed by atoms with van der Waals surface area (Å²) in [6.45, 7) is 1.15. The summed E-state index contributed by atoms with van der Waals surface area (Å²) in [6.07, 6.45) is 3.78. The van der Waals surface area contributed by atoms with Crippen LogP contribution in [0.4, 0.5) is 0 Å². The second-order valence-corrected chi connectivity index (χ2v) is 6.82. The van der Waals surface area contributed by atoms with E-state index in [-0.39, 0.29) is 17.1 Å². The molecule has 0 spiro atoms. The van der Waals surface area contributed by atoms with Crippen LogP contribution in [0.5, 0.6) is 0 Å². The fourth-order valence-electron chi connectivity index (χ4n) is 2.26. The minimum absolute atomic E-state index is 0.00555. The number of sulfonamides is 1. The van der Waals surface area contributed by atoms with Crippen molar-refractivity contribution in [2.45, 2.75) is 11.3 Å². The van der Waals surface area contributed by atoms with Crippen molar-refractivity contribution in [3.8, 4) is 0 Å². The third kappa shape index (κ3) is 3.17. The third-order valence-corrected chi connectivity index (χ3v) is 5.26. The lowest BCUT2D eigenvalue weighted by Gasteiger charge is -2.25. The van der Waals surface area contributed by atoms with Crippen molar-refractivity contribution < 1.29 is 23.1 Å². The maximum absolute atomic E-state index is 12.5. The van der Waals surface area contributed by atoms with Gasteiger partial charge in [-0.25, -0.2) is 13.2 Å². The van der Waals surface area contributed by atoms with E-state index in [0.29, 0.717) is 19.6 Å². The van der Waals surface area contributed by atoms with E-state index in [2.05, 4.69) is 0 Å². The van der Waals surface area contributed by atoms with Gasteiger partial charge < -0.3 is 14.4 Å². The van der Waals surface area contributed by atoms with Gasteiger partial charge in [0, 0.05) is 33.4 Å². The maximum atomic E-state index is 12.5. The van der Waals surface area contributed by atoms with E-state index in [1.807, 2.05) is 6.08 Å². The van der Waals surface area contributed by atoms with Crippen LogP contribution in [0, 0.1) is 0 Å². The molecule has 1 aliphatic rings. The van der Waals surface area contributed by atoms with Gasteiger partial charge in [-0.1, -0.05) is 6.08 Å². The number of carboxylic acid groups (broad SMARTS) is 1. The fourth-order valence-corrected chi connectivity index (χ4v) is 3.72. The Kier molecular flexibility index (Phi) is 4.50. The first-order valence-corrected chi connectivity index (χ1v) is 7.87. The number of hydrogen-bond acceptors (Lipinski definition) is 4. The minimum atomic E-state index is -3.67. The van der Waals surface area contributed by atoms with Crippen LogP contribution in [0.25, 0.3) is 0 Å². The highest BCUT2D eigenvalue weighted by Crippen LogP contribution is 2.22. The summed E-state index contributed by atoms with van der Waals surface area (Å²) in [4.78, 5) is 11.0. The van der Waals surface area contributed by atoms with Crippen molar-refractivity contribution >= 4 is 16.0 Å². The molecule has 0 fully saturated rings. The van der Waals surface area contributed by atoms with E-state index in [1.165, 1.54) is 28.2 Å². The van der Waals surface area contributed by atoms with Crippen LogP contribution < -0.4 is 0 Å². The normalized spacial score (nSPS) is 16.8. The highest BCUT2D eigenvalue weighted by molar-refractivity contribution is 7.89. The fraction of sp³-hybridized carbons (Fsp3) is 0.462. The lowest BCUT2D eigenvalue weighted by molar-refractivity contribution is 0.0686. The first-order chi connectivity index (χ1) is 9.86. The number of rotatable bonds is 5. The smallest absolute Gasteiger partial charge is 0.352 e. The van der Waals surface area contributed by atoms with Gasteiger partial charge in [-0.05, 0) is 18.1 Å². The lowest BCUT2D eigenvalue weighted by Crippen LogP contribution is -2.35.